The fraction of sp³-hybridized carbons (Fsp3) is 0.314. The van der Waals surface area contributed by atoms with Crippen molar-refractivity contribution in [2.24, 2.45) is 0 Å². The Morgan fingerprint density at radius 1 is 0.487 bits per heavy atom. The number of rotatable bonds is 14. The van der Waals surface area contributed by atoms with Crippen LogP contribution < -0.4 is 0 Å². The van der Waals surface area contributed by atoms with Crippen LogP contribution in [0.25, 0.3) is 0 Å². The third-order valence-electron chi connectivity index (χ3n) is 7.62. The summed E-state index contributed by atoms with van der Waals surface area (Å²) >= 11 is 0. The van der Waals surface area contributed by atoms with Gasteiger partial charge in [0.25, 0.3) is 0 Å². The van der Waals surface area contributed by atoms with Crippen molar-refractivity contribution in [2.75, 3.05) is 0 Å². The molecule has 0 aliphatic carbocycles. The molecule has 4 heteroatoms. The highest BCUT2D eigenvalue weighted by atomic mass is 16.3. The minimum Gasteiger partial charge on any atom is -0.389 e. The van der Waals surface area contributed by atoms with Crippen LogP contribution in [0.5, 0.6) is 0 Å². The third kappa shape index (κ3) is 8.35. The molecule has 0 amide bonds. The van der Waals surface area contributed by atoms with E-state index in [1.807, 2.05) is 55.5 Å². The number of hydrogen-bond acceptors (Lipinski definition) is 4. The number of benzene rings is 4. The van der Waals surface area contributed by atoms with Crippen molar-refractivity contribution in [3.05, 3.63) is 144 Å². The molecule has 39 heavy (non-hydrogen) atoms. The first-order valence-electron chi connectivity index (χ1n) is 14.0. The van der Waals surface area contributed by atoms with E-state index < -0.39 is 12.2 Å². The fourth-order valence-electron chi connectivity index (χ4n) is 5.35. The molecule has 4 rings (SSSR count). The summed E-state index contributed by atoms with van der Waals surface area (Å²) in [5.74, 6) is 0. The second-order valence-corrected chi connectivity index (χ2v) is 10.4. The average molecular weight is 523 g/mol. The van der Waals surface area contributed by atoms with Gasteiger partial charge in [-0.25, -0.2) is 0 Å². The molecule has 2 N–H and O–H groups in total. The van der Waals surface area contributed by atoms with Crippen LogP contribution in [0.1, 0.15) is 42.5 Å². The standard InChI is InChI=1S/C35H42N2O2/c1-3-33(37(26-31-20-12-6-13-21-31)27-32-22-14-7-15-23-32)35(39)34(38)28(2)36(24-29-16-8-4-9-17-29)25-30-18-10-5-11-19-30/h4-23,28,33-35,38-39H,3,24-27H2,1-2H3/t28-,33+,34-,35+/m0/s1. The Labute approximate surface area is 234 Å². The number of aliphatic hydroxyl groups is 2. The Morgan fingerprint density at radius 3 is 1.10 bits per heavy atom. The number of aliphatic hydroxyl groups excluding tert-OH is 2. The number of hydrogen-bond donors (Lipinski definition) is 2. The lowest BCUT2D eigenvalue weighted by molar-refractivity contribution is -0.0790. The second kappa shape index (κ2) is 14.8. The van der Waals surface area contributed by atoms with E-state index in [2.05, 4.69) is 89.5 Å². The van der Waals surface area contributed by atoms with Gasteiger partial charge in [-0.15, -0.1) is 0 Å². The van der Waals surface area contributed by atoms with Crippen molar-refractivity contribution < 1.29 is 10.2 Å². The van der Waals surface area contributed by atoms with Crippen molar-refractivity contribution >= 4 is 0 Å². The maximum atomic E-state index is 11.7. The first kappa shape index (κ1) is 28.7. The van der Waals surface area contributed by atoms with E-state index in [1.54, 1.807) is 0 Å². The van der Waals surface area contributed by atoms with Crippen molar-refractivity contribution in [1.82, 2.24) is 9.80 Å². The molecule has 0 saturated heterocycles. The van der Waals surface area contributed by atoms with Crippen LogP contribution in [0.3, 0.4) is 0 Å². The summed E-state index contributed by atoms with van der Waals surface area (Å²) in [5.41, 5.74) is 4.75. The maximum absolute atomic E-state index is 11.7. The number of nitrogens with zero attached hydrogens (tertiary/aromatic N) is 2. The van der Waals surface area contributed by atoms with Crippen LogP contribution in [0.2, 0.25) is 0 Å². The first-order chi connectivity index (χ1) is 19.0. The lowest BCUT2D eigenvalue weighted by Crippen LogP contribution is -2.54. The minimum atomic E-state index is -0.920. The van der Waals surface area contributed by atoms with Crippen LogP contribution in [0.15, 0.2) is 121 Å². The summed E-state index contributed by atoms with van der Waals surface area (Å²) < 4.78 is 0. The SMILES string of the molecule is CC[C@H]([C@@H](O)[C@@H](O)[C@H](C)N(Cc1ccccc1)Cc1ccccc1)N(Cc1ccccc1)Cc1ccccc1. The molecule has 4 atom stereocenters. The quantitative estimate of drug-likeness (QED) is 0.205. The summed E-state index contributed by atoms with van der Waals surface area (Å²) in [6.45, 7) is 6.91. The Morgan fingerprint density at radius 2 is 0.795 bits per heavy atom. The van der Waals surface area contributed by atoms with Crippen LogP contribution in [0, 0.1) is 0 Å². The van der Waals surface area contributed by atoms with Gasteiger partial charge in [0.2, 0.25) is 0 Å². The molecule has 0 aromatic heterocycles. The molecule has 4 aromatic rings. The average Bonchev–Trinajstić information content (AvgIpc) is 2.98. The Balaban J connectivity index is 1.56. The van der Waals surface area contributed by atoms with E-state index in [1.165, 1.54) is 22.3 Å². The van der Waals surface area contributed by atoms with Gasteiger partial charge in [-0.05, 0) is 35.6 Å². The highest BCUT2D eigenvalue weighted by Gasteiger charge is 2.35. The molecular formula is C35H42N2O2. The minimum absolute atomic E-state index is 0.210. The van der Waals surface area contributed by atoms with Crippen molar-refractivity contribution in [3.63, 3.8) is 0 Å². The molecule has 204 valence electrons. The molecule has 0 aliphatic heterocycles. The highest BCUT2D eigenvalue weighted by molar-refractivity contribution is 5.19. The molecule has 0 heterocycles. The highest BCUT2D eigenvalue weighted by Crippen LogP contribution is 2.24. The van der Waals surface area contributed by atoms with Gasteiger partial charge in [-0.2, -0.15) is 0 Å². The van der Waals surface area contributed by atoms with E-state index in [9.17, 15) is 10.2 Å². The van der Waals surface area contributed by atoms with Gasteiger partial charge >= 0.3 is 0 Å². The molecule has 0 fully saturated rings. The van der Waals surface area contributed by atoms with Crippen LogP contribution in [-0.4, -0.2) is 44.3 Å². The third-order valence-corrected chi connectivity index (χ3v) is 7.62. The Kier molecular flexibility index (Phi) is 10.9. The zero-order valence-corrected chi connectivity index (χ0v) is 23.2. The largest absolute Gasteiger partial charge is 0.389 e. The molecule has 4 aromatic carbocycles. The zero-order chi connectivity index (χ0) is 27.5. The summed E-state index contributed by atoms with van der Waals surface area (Å²) in [6.07, 6.45) is -1.11. The maximum Gasteiger partial charge on any atom is 0.0969 e. The van der Waals surface area contributed by atoms with Gasteiger partial charge in [-0.1, -0.05) is 128 Å². The van der Waals surface area contributed by atoms with Gasteiger partial charge in [0.15, 0.2) is 0 Å². The van der Waals surface area contributed by atoms with E-state index >= 15 is 0 Å². The summed E-state index contributed by atoms with van der Waals surface area (Å²) in [6, 6.07) is 41.0. The first-order valence-corrected chi connectivity index (χ1v) is 14.0. The lowest BCUT2D eigenvalue weighted by Gasteiger charge is -2.40. The smallest absolute Gasteiger partial charge is 0.0969 e. The van der Waals surface area contributed by atoms with Gasteiger partial charge in [0.05, 0.1) is 12.2 Å². The molecule has 4 nitrogen and oxygen atoms in total. The van der Waals surface area contributed by atoms with Crippen molar-refractivity contribution in [1.29, 1.82) is 0 Å². The van der Waals surface area contributed by atoms with E-state index in [0.717, 1.165) is 6.42 Å². The molecular weight excluding hydrogens is 480 g/mol. The summed E-state index contributed by atoms with van der Waals surface area (Å²) in [4.78, 5) is 4.58. The topological polar surface area (TPSA) is 46.9 Å². The Bertz CT molecular complexity index is 1120. The van der Waals surface area contributed by atoms with Crippen molar-refractivity contribution in [2.45, 2.75) is 70.7 Å². The van der Waals surface area contributed by atoms with Crippen LogP contribution in [-0.2, 0) is 26.2 Å². The summed E-state index contributed by atoms with van der Waals surface area (Å²) in [5, 5.41) is 23.4. The van der Waals surface area contributed by atoms with E-state index in [-0.39, 0.29) is 12.1 Å². The van der Waals surface area contributed by atoms with Gasteiger partial charge < -0.3 is 10.2 Å². The molecule has 0 spiro atoms. The predicted molar refractivity (Wildman–Crippen MR) is 160 cm³/mol. The van der Waals surface area contributed by atoms with Crippen LogP contribution in [0.4, 0.5) is 0 Å². The van der Waals surface area contributed by atoms with E-state index in [0.29, 0.717) is 26.2 Å². The molecule has 0 bridgehead atoms. The van der Waals surface area contributed by atoms with Crippen molar-refractivity contribution in [3.8, 4) is 0 Å². The fourth-order valence-corrected chi connectivity index (χ4v) is 5.35. The predicted octanol–water partition coefficient (Wildman–Crippen LogP) is 6.28. The van der Waals surface area contributed by atoms with Gasteiger partial charge in [-0.3, -0.25) is 9.80 Å². The van der Waals surface area contributed by atoms with Gasteiger partial charge in [0, 0.05) is 38.3 Å². The van der Waals surface area contributed by atoms with Gasteiger partial charge in [0.1, 0.15) is 0 Å². The molecule has 0 radical (unpaired) electrons. The normalized spacial score (nSPS) is 14.7. The molecule has 0 unspecified atom stereocenters. The monoisotopic (exact) mass is 522 g/mol. The zero-order valence-electron chi connectivity index (χ0n) is 23.2. The Hall–Kier alpha value is -3.28. The van der Waals surface area contributed by atoms with E-state index in [4.69, 9.17) is 0 Å². The second-order valence-electron chi connectivity index (χ2n) is 10.4. The molecule has 0 aliphatic rings. The van der Waals surface area contributed by atoms with Crippen LogP contribution >= 0.6 is 0 Å². The summed E-state index contributed by atoms with van der Waals surface area (Å²) in [7, 11) is 0. The lowest BCUT2D eigenvalue weighted by atomic mass is 9.94. The molecule has 0 saturated carbocycles.